The maximum Gasteiger partial charge on any atom is 0.378 e. The third-order valence-corrected chi connectivity index (χ3v) is 7.05. The molecule has 1 aromatic heterocycles. The van der Waals surface area contributed by atoms with Gasteiger partial charge in [-0.3, -0.25) is 4.79 Å². The second-order valence-electron chi connectivity index (χ2n) is 7.51. The molecule has 2 heterocycles. The Hall–Kier alpha value is -3.53. The Morgan fingerprint density at radius 1 is 1.09 bits per heavy atom. The highest BCUT2D eigenvalue weighted by molar-refractivity contribution is 7.91. The SMILES string of the molecule is CN(C(=O)COC(=O)c1nc(-c2ccccc2)n(-c2ccccc2)n1)[C@H]1CCS(=O)(=O)C1. The average molecular weight is 455 g/mol. The number of hydrogen-bond donors (Lipinski definition) is 0. The molecule has 1 atom stereocenters. The molecular formula is C22H22N4O5S. The van der Waals surface area contributed by atoms with E-state index in [0.717, 1.165) is 11.3 Å². The van der Waals surface area contributed by atoms with Crippen LogP contribution in [0.3, 0.4) is 0 Å². The molecule has 2 aromatic carbocycles. The van der Waals surface area contributed by atoms with E-state index in [4.69, 9.17) is 4.74 Å². The van der Waals surface area contributed by atoms with E-state index in [9.17, 15) is 18.0 Å². The van der Waals surface area contributed by atoms with Crippen LogP contribution in [0.5, 0.6) is 0 Å². The molecule has 0 radical (unpaired) electrons. The van der Waals surface area contributed by atoms with Gasteiger partial charge in [-0.25, -0.2) is 22.9 Å². The van der Waals surface area contributed by atoms with Gasteiger partial charge >= 0.3 is 5.97 Å². The fourth-order valence-electron chi connectivity index (χ4n) is 3.50. The van der Waals surface area contributed by atoms with E-state index in [1.165, 1.54) is 11.9 Å². The van der Waals surface area contributed by atoms with E-state index in [0.29, 0.717) is 12.2 Å². The lowest BCUT2D eigenvalue weighted by molar-refractivity contribution is -0.134. The molecule has 32 heavy (non-hydrogen) atoms. The summed E-state index contributed by atoms with van der Waals surface area (Å²) in [5, 5.41) is 4.30. The van der Waals surface area contributed by atoms with Crippen LogP contribution >= 0.6 is 0 Å². The molecule has 0 spiro atoms. The Bertz CT molecular complexity index is 1170. The summed E-state index contributed by atoms with van der Waals surface area (Å²) >= 11 is 0. The lowest BCUT2D eigenvalue weighted by atomic mass is 10.2. The molecule has 3 aromatic rings. The van der Waals surface area contributed by atoms with Crippen LogP contribution in [0.2, 0.25) is 0 Å². The van der Waals surface area contributed by atoms with Crippen molar-refractivity contribution in [3.8, 4) is 17.1 Å². The molecule has 1 aliphatic heterocycles. The molecule has 4 rings (SSSR count). The fraction of sp³-hybridized carbons (Fsp3) is 0.273. The zero-order valence-electron chi connectivity index (χ0n) is 17.4. The number of ether oxygens (including phenoxy) is 1. The number of esters is 1. The molecule has 0 unspecified atom stereocenters. The van der Waals surface area contributed by atoms with Crippen LogP contribution in [-0.2, 0) is 19.4 Å². The number of rotatable bonds is 6. The number of likely N-dealkylation sites (N-methyl/N-ethyl adjacent to an activating group) is 1. The Labute approximate surface area is 185 Å². The Kier molecular flexibility index (Phi) is 6.04. The second kappa shape index (κ2) is 8.91. The molecule has 1 amide bonds. The van der Waals surface area contributed by atoms with Gasteiger partial charge in [0.1, 0.15) is 0 Å². The second-order valence-corrected chi connectivity index (χ2v) is 9.74. The van der Waals surface area contributed by atoms with Gasteiger partial charge in [-0.2, -0.15) is 0 Å². The van der Waals surface area contributed by atoms with Crippen molar-refractivity contribution in [3.05, 3.63) is 66.5 Å². The molecule has 1 fully saturated rings. The van der Waals surface area contributed by atoms with E-state index in [1.807, 2.05) is 60.7 Å². The number of sulfone groups is 1. The first kappa shape index (κ1) is 21.7. The van der Waals surface area contributed by atoms with Crippen molar-refractivity contribution in [2.24, 2.45) is 0 Å². The van der Waals surface area contributed by atoms with Crippen molar-refractivity contribution < 1.29 is 22.7 Å². The molecule has 1 aliphatic rings. The van der Waals surface area contributed by atoms with Gasteiger partial charge in [0.2, 0.25) is 0 Å². The van der Waals surface area contributed by atoms with Gasteiger partial charge in [0.25, 0.3) is 11.7 Å². The first-order valence-corrected chi connectivity index (χ1v) is 11.9. The summed E-state index contributed by atoms with van der Waals surface area (Å²) in [5.41, 5.74) is 1.48. The number of aromatic nitrogens is 3. The highest BCUT2D eigenvalue weighted by Crippen LogP contribution is 2.21. The summed E-state index contributed by atoms with van der Waals surface area (Å²) in [6.45, 7) is -0.521. The Balaban J connectivity index is 1.50. The monoisotopic (exact) mass is 454 g/mol. The summed E-state index contributed by atoms with van der Waals surface area (Å²) in [6, 6.07) is 18.1. The first-order valence-electron chi connectivity index (χ1n) is 10.1. The number of carbonyl (C=O) groups excluding carboxylic acids is 2. The van der Waals surface area contributed by atoms with E-state index >= 15 is 0 Å². The van der Waals surface area contributed by atoms with Gasteiger partial charge in [0.15, 0.2) is 22.3 Å². The molecular weight excluding hydrogens is 432 g/mol. The average Bonchev–Trinajstić information content (AvgIpc) is 3.41. The van der Waals surface area contributed by atoms with E-state index in [-0.39, 0.29) is 17.3 Å². The van der Waals surface area contributed by atoms with E-state index in [1.54, 1.807) is 4.68 Å². The molecule has 166 valence electrons. The Morgan fingerprint density at radius 3 is 2.38 bits per heavy atom. The fourth-order valence-corrected chi connectivity index (χ4v) is 5.27. The smallest absolute Gasteiger partial charge is 0.378 e. The van der Waals surface area contributed by atoms with Gasteiger partial charge in [0, 0.05) is 18.7 Å². The van der Waals surface area contributed by atoms with E-state index < -0.39 is 34.4 Å². The van der Waals surface area contributed by atoms with Crippen LogP contribution in [0.4, 0.5) is 0 Å². The molecule has 10 heteroatoms. The van der Waals surface area contributed by atoms with Crippen LogP contribution in [0.15, 0.2) is 60.7 Å². The zero-order chi connectivity index (χ0) is 22.7. The molecule has 1 saturated heterocycles. The number of para-hydroxylation sites is 1. The highest BCUT2D eigenvalue weighted by atomic mass is 32.2. The summed E-state index contributed by atoms with van der Waals surface area (Å²) in [6.07, 6.45) is 0.377. The number of nitrogens with zero attached hydrogens (tertiary/aromatic N) is 4. The predicted molar refractivity (Wildman–Crippen MR) is 117 cm³/mol. The third kappa shape index (κ3) is 4.70. The summed E-state index contributed by atoms with van der Waals surface area (Å²) in [4.78, 5) is 30.7. The van der Waals surface area contributed by atoms with Crippen molar-refractivity contribution in [3.63, 3.8) is 0 Å². The van der Waals surface area contributed by atoms with Crippen molar-refractivity contribution in [1.82, 2.24) is 19.7 Å². The number of hydrogen-bond acceptors (Lipinski definition) is 7. The van der Waals surface area contributed by atoms with Crippen molar-refractivity contribution in [2.75, 3.05) is 25.2 Å². The molecule has 9 nitrogen and oxygen atoms in total. The van der Waals surface area contributed by atoms with Gasteiger partial charge in [-0.1, -0.05) is 48.5 Å². The van der Waals surface area contributed by atoms with Crippen LogP contribution in [0, 0.1) is 0 Å². The zero-order valence-corrected chi connectivity index (χ0v) is 18.2. The number of carbonyl (C=O) groups is 2. The van der Waals surface area contributed by atoms with E-state index in [2.05, 4.69) is 10.1 Å². The summed E-state index contributed by atoms with van der Waals surface area (Å²) in [5.74, 6) is -1.05. The standard InChI is InChI=1S/C22H22N4O5S/c1-25(18-12-13-32(29,30)15-18)19(27)14-31-22(28)20-23-21(16-8-4-2-5-9-16)26(24-20)17-10-6-3-7-11-17/h2-11,18H,12-15H2,1H3/t18-/m0/s1. The maximum atomic E-state index is 12.6. The quantitative estimate of drug-likeness (QED) is 0.522. The van der Waals surface area contributed by atoms with Gasteiger partial charge in [-0.05, 0) is 18.6 Å². The number of amides is 1. The Morgan fingerprint density at radius 2 is 1.75 bits per heavy atom. The largest absolute Gasteiger partial charge is 0.450 e. The lowest BCUT2D eigenvalue weighted by Crippen LogP contribution is -2.40. The van der Waals surface area contributed by atoms with Gasteiger partial charge < -0.3 is 9.64 Å². The van der Waals surface area contributed by atoms with Crippen molar-refractivity contribution in [1.29, 1.82) is 0 Å². The summed E-state index contributed by atoms with van der Waals surface area (Å²) < 4.78 is 30.0. The maximum absolute atomic E-state index is 12.6. The third-order valence-electron chi connectivity index (χ3n) is 5.30. The molecule has 0 aliphatic carbocycles. The van der Waals surface area contributed by atoms with Crippen LogP contribution in [0.25, 0.3) is 17.1 Å². The van der Waals surface area contributed by atoms with Crippen LogP contribution in [-0.4, -0.2) is 71.2 Å². The summed E-state index contributed by atoms with van der Waals surface area (Å²) in [7, 11) is -1.62. The van der Waals surface area contributed by atoms with Gasteiger partial charge in [0.05, 0.1) is 17.2 Å². The minimum absolute atomic E-state index is 0.0537. The molecule has 0 saturated carbocycles. The normalized spacial score (nSPS) is 17.1. The predicted octanol–water partition coefficient (Wildman–Crippen LogP) is 1.74. The van der Waals surface area contributed by atoms with Crippen molar-refractivity contribution >= 4 is 21.7 Å². The van der Waals surface area contributed by atoms with Gasteiger partial charge in [-0.15, -0.1) is 5.10 Å². The molecule has 0 bridgehead atoms. The lowest BCUT2D eigenvalue weighted by Gasteiger charge is -2.22. The van der Waals surface area contributed by atoms with Crippen LogP contribution in [0.1, 0.15) is 17.0 Å². The molecule has 0 N–H and O–H groups in total. The van der Waals surface area contributed by atoms with Crippen LogP contribution < -0.4 is 0 Å². The minimum atomic E-state index is -3.13. The topological polar surface area (TPSA) is 111 Å². The minimum Gasteiger partial charge on any atom is -0.450 e. The first-order chi connectivity index (χ1) is 15.3. The van der Waals surface area contributed by atoms with Crippen molar-refractivity contribution in [2.45, 2.75) is 12.5 Å². The highest BCUT2D eigenvalue weighted by Gasteiger charge is 2.33. The number of benzene rings is 2.